The van der Waals surface area contributed by atoms with Crippen molar-refractivity contribution >= 4 is 40.4 Å². The molecule has 0 amide bonds. The van der Waals surface area contributed by atoms with Gasteiger partial charge in [-0.25, -0.2) is 4.79 Å². The van der Waals surface area contributed by atoms with Crippen molar-refractivity contribution in [2.45, 2.75) is 27.7 Å². The van der Waals surface area contributed by atoms with Gasteiger partial charge in [-0.15, -0.1) is 0 Å². The van der Waals surface area contributed by atoms with E-state index in [0.29, 0.717) is 5.71 Å². The fourth-order valence-corrected chi connectivity index (χ4v) is 1.64. The van der Waals surface area contributed by atoms with Crippen LogP contribution in [0.1, 0.15) is 25.0 Å². The minimum atomic E-state index is -0.588. The molecule has 0 radical (unpaired) electrons. The van der Waals surface area contributed by atoms with E-state index in [4.69, 9.17) is 10.5 Å². The van der Waals surface area contributed by atoms with Gasteiger partial charge < -0.3 is 10.5 Å². The number of nitrogens with one attached hydrogen (secondary N) is 2. The number of carbonyl (C=O) groups is 1. The van der Waals surface area contributed by atoms with Crippen LogP contribution in [0.4, 0.5) is 5.69 Å². The first-order valence-corrected chi connectivity index (χ1v) is 7.44. The summed E-state index contributed by atoms with van der Waals surface area (Å²) >= 11 is 4.67. The van der Waals surface area contributed by atoms with Crippen LogP contribution in [-0.2, 0) is 9.53 Å². The number of nitrogens with zero attached hydrogens (tertiary/aromatic N) is 2. The van der Waals surface area contributed by atoms with Gasteiger partial charge in [-0.1, -0.05) is 6.07 Å². The number of aryl methyl sites for hydroxylation is 2. The summed E-state index contributed by atoms with van der Waals surface area (Å²) in [7, 11) is 0. The van der Waals surface area contributed by atoms with Crippen LogP contribution in [0.5, 0.6) is 0 Å². The molecule has 0 saturated carbocycles. The molecule has 0 saturated heterocycles. The Morgan fingerprint density at radius 2 is 2.00 bits per heavy atom. The number of carbonyl (C=O) groups excluding carboxylic acids is 1. The molecule has 1 rings (SSSR count). The monoisotopic (exact) mass is 335 g/mol. The van der Waals surface area contributed by atoms with Crippen LogP contribution in [-0.4, -0.2) is 29.1 Å². The van der Waals surface area contributed by atoms with E-state index in [1.54, 1.807) is 13.8 Å². The Bertz CT molecular complexity index is 655. The highest BCUT2D eigenvalue weighted by atomic mass is 32.1. The van der Waals surface area contributed by atoms with Crippen LogP contribution in [0, 0.1) is 13.8 Å². The van der Waals surface area contributed by atoms with Crippen LogP contribution < -0.4 is 16.6 Å². The van der Waals surface area contributed by atoms with Crippen molar-refractivity contribution in [3.8, 4) is 0 Å². The molecular formula is C15H21N5O2S. The number of hydrogen-bond donors (Lipinski definition) is 3. The van der Waals surface area contributed by atoms with Crippen molar-refractivity contribution in [2.75, 3.05) is 12.0 Å². The Balaban J connectivity index is 3.02. The lowest BCUT2D eigenvalue weighted by atomic mass is 10.1. The minimum Gasteiger partial charge on any atom is -0.461 e. The molecule has 7 nitrogen and oxygen atoms in total. The van der Waals surface area contributed by atoms with Gasteiger partial charge in [-0.2, -0.15) is 10.2 Å². The highest BCUT2D eigenvalue weighted by Crippen LogP contribution is 2.14. The summed E-state index contributed by atoms with van der Waals surface area (Å²) in [6.07, 6.45) is 0. The Morgan fingerprint density at radius 3 is 2.57 bits per heavy atom. The fourth-order valence-electron chi connectivity index (χ4n) is 1.60. The smallest absolute Gasteiger partial charge is 0.360 e. The first kappa shape index (κ1) is 18.6. The molecule has 4 N–H and O–H groups in total. The van der Waals surface area contributed by atoms with Crippen LogP contribution >= 0.6 is 12.2 Å². The number of ether oxygens (including phenoxy) is 1. The van der Waals surface area contributed by atoms with Crippen molar-refractivity contribution in [3.63, 3.8) is 0 Å². The van der Waals surface area contributed by atoms with E-state index in [9.17, 15) is 4.79 Å². The van der Waals surface area contributed by atoms with Gasteiger partial charge in [0.05, 0.1) is 18.0 Å². The summed E-state index contributed by atoms with van der Waals surface area (Å²) in [5, 5.41) is 7.99. The summed E-state index contributed by atoms with van der Waals surface area (Å²) in [6, 6.07) is 5.77. The number of benzene rings is 1. The molecule has 0 heterocycles. The summed E-state index contributed by atoms with van der Waals surface area (Å²) in [5.41, 5.74) is 13.9. The SMILES string of the molecule is CCOC(=O)C(=N\Nc1ccc(C)c(C)c1)/C(C)=N\NC(N)=S. The largest absolute Gasteiger partial charge is 0.461 e. The number of rotatable bonds is 6. The molecule has 0 spiro atoms. The number of hydrazone groups is 2. The van der Waals surface area contributed by atoms with Gasteiger partial charge in [0, 0.05) is 0 Å². The molecule has 0 atom stereocenters. The van der Waals surface area contributed by atoms with E-state index in [1.165, 1.54) is 5.56 Å². The molecule has 0 aromatic heterocycles. The summed E-state index contributed by atoms with van der Waals surface area (Å²) in [4.78, 5) is 12.0. The van der Waals surface area contributed by atoms with E-state index in [0.717, 1.165) is 11.3 Å². The molecule has 23 heavy (non-hydrogen) atoms. The molecule has 124 valence electrons. The number of nitrogens with two attached hydrogens (primary N) is 1. The van der Waals surface area contributed by atoms with Gasteiger partial charge in [0.25, 0.3) is 0 Å². The van der Waals surface area contributed by atoms with Gasteiger partial charge in [0.1, 0.15) is 0 Å². The molecule has 0 fully saturated rings. The zero-order valence-corrected chi connectivity index (χ0v) is 14.5. The zero-order chi connectivity index (χ0) is 17.4. The first-order chi connectivity index (χ1) is 10.8. The number of thiocarbonyl (C=S) groups is 1. The molecule has 0 aliphatic carbocycles. The molecular weight excluding hydrogens is 314 g/mol. The minimum absolute atomic E-state index is 0.00493. The van der Waals surface area contributed by atoms with Gasteiger partial charge in [0.2, 0.25) is 0 Å². The van der Waals surface area contributed by atoms with Crippen LogP contribution in [0.3, 0.4) is 0 Å². The quantitative estimate of drug-likeness (QED) is 0.317. The van der Waals surface area contributed by atoms with E-state index in [2.05, 4.69) is 33.3 Å². The normalized spacial score (nSPS) is 11.8. The van der Waals surface area contributed by atoms with Crippen molar-refractivity contribution in [3.05, 3.63) is 29.3 Å². The van der Waals surface area contributed by atoms with Crippen LogP contribution in [0.2, 0.25) is 0 Å². The van der Waals surface area contributed by atoms with Crippen molar-refractivity contribution in [2.24, 2.45) is 15.9 Å². The van der Waals surface area contributed by atoms with Gasteiger partial charge in [0.15, 0.2) is 10.8 Å². The molecule has 0 aliphatic rings. The van der Waals surface area contributed by atoms with Crippen molar-refractivity contribution in [1.29, 1.82) is 0 Å². The fraction of sp³-hybridized carbons (Fsp3) is 0.333. The molecule has 8 heteroatoms. The average Bonchev–Trinajstić information content (AvgIpc) is 2.49. The summed E-state index contributed by atoms with van der Waals surface area (Å²) in [6.45, 7) is 7.56. The maximum absolute atomic E-state index is 12.0. The third-order valence-corrected chi connectivity index (χ3v) is 3.04. The van der Waals surface area contributed by atoms with Crippen molar-refractivity contribution in [1.82, 2.24) is 5.43 Å². The van der Waals surface area contributed by atoms with E-state index in [1.807, 2.05) is 32.0 Å². The van der Waals surface area contributed by atoms with E-state index < -0.39 is 5.97 Å². The van der Waals surface area contributed by atoms with Crippen LogP contribution in [0.15, 0.2) is 28.4 Å². The maximum Gasteiger partial charge on any atom is 0.360 e. The molecule has 0 unspecified atom stereocenters. The second kappa shape index (κ2) is 8.84. The third-order valence-electron chi connectivity index (χ3n) is 2.95. The summed E-state index contributed by atoms with van der Waals surface area (Å²) < 4.78 is 4.98. The Morgan fingerprint density at radius 1 is 1.30 bits per heavy atom. The Labute approximate surface area is 141 Å². The molecule has 0 bridgehead atoms. The topological polar surface area (TPSA) is 101 Å². The Kier molecular flexibility index (Phi) is 7.14. The van der Waals surface area contributed by atoms with Gasteiger partial charge in [-0.05, 0) is 63.2 Å². The second-order valence-corrected chi connectivity index (χ2v) is 5.20. The predicted molar refractivity (Wildman–Crippen MR) is 96.6 cm³/mol. The van der Waals surface area contributed by atoms with Crippen LogP contribution in [0.25, 0.3) is 0 Å². The average molecular weight is 335 g/mol. The first-order valence-electron chi connectivity index (χ1n) is 7.03. The number of esters is 1. The number of hydrogen-bond acceptors (Lipinski definition) is 6. The highest BCUT2D eigenvalue weighted by Gasteiger charge is 2.17. The molecule has 0 aliphatic heterocycles. The lowest BCUT2D eigenvalue weighted by Crippen LogP contribution is -2.30. The van der Waals surface area contributed by atoms with Gasteiger partial charge in [-0.3, -0.25) is 10.9 Å². The third kappa shape index (κ3) is 6.03. The lowest BCUT2D eigenvalue weighted by Gasteiger charge is -2.08. The lowest BCUT2D eigenvalue weighted by molar-refractivity contribution is -0.134. The predicted octanol–water partition coefficient (Wildman–Crippen LogP) is 1.84. The van der Waals surface area contributed by atoms with E-state index >= 15 is 0 Å². The second-order valence-electron chi connectivity index (χ2n) is 4.76. The van der Waals surface area contributed by atoms with Crippen molar-refractivity contribution < 1.29 is 9.53 Å². The standard InChI is InChI=1S/C15H21N5O2S/c1-5-22-14(21)13(11(4)17-20-15(16)23)19-18-12-7-6-9(2)10(3)8-12/h6-8,18H,5H2,1-4H3,(H3,16,20,23)/b17-11-,19-13-. The maximum atomic E-state index is 12.0. The van der Waals surface area contributed by atoms with Gasteiger partial charge >= 0.3 is 5.97 Å². The van der Waals surface area contributed by atoms with E-state index in [-0.39, 0.29) is 17.4 Å². The Hall–Kier alpha value is -2.48. The zero-order valence-electron chi connectivity index (χ0n) is 13.6. The molecule has 1 aromatic carbocycles. The highest BCUT2D eigenvalue weighted by molar-refractivity contribution is 7.80. The summed E-state index contributed by atoms with van der Waals surface area (Å²) in [5.74, 6) is -0.588. The number of anilines is 1. The molecule has 1 aromatic rings.